The molecule has 0 saturated heterocycles. The van der Waals surface area contributed by atoms with E-state index in [1.54, 1.807) is 12.1 Å². The first-order chi connectivity index (χ1) is 24.8. The minimum atomic E-state index is -0.650. The van der Waals surface area contributed by atoms with Crippen molar-refractivity contribution in [3.05, 3.63) is 165 Å². The van der Waals surface area contributed by atoms with Gasteiger partial charge in [0, 0.05) is 44.3 Å². The Labute approximate surface area is 295 Å². The standard InChI is InChI=1S/C45H30N6/c1-26-19-31(51-37-16-10-8-14-34(37)41-38(51)18-17-33-32-13-7-9-15-35(32)45(2,3)42(33)41)22-30(25-48)39(26)43-40-29(24-47)20-27(23-46)21-36(40)49-44(50-43)28-11-5-4-6-12-28/h4-22,43H,1-3H3,(H,49,50). The van der Waals surface area contributed by atoms with Crippen molar-refractivity contribution in [2.75, 3.05) is 5.32 Å². The average molecular weight is 655 g/mol. The molecule has 1 aliphatic heterocycles. The molecule has 1 unspecified atom stereocenters. The maximum Gasteiger partial charge on any atom is 0.133 e. The Bertz CT molecular complexity index is 2800. The lowest BCUT2D eigenvalue weighted by molar-refractivity contribution is 0.666. The molecule has 1 aliphatic carbocycles. The summed E-state index contributed by atoms with van der Waals surface area (Å²) in [5.74, 6) is 0.610. The summed E-state index contributed by atoms with van der Waals surface area (Å²) in [4.78, 5) is 5.18. The highest BCUT2D eigenvalue weighted by Gasteiger charge is 2.38. The Hall–Kier alpha value is -6.94. The molecule has 0 spiro atoms. The number of hydrogen-bond acceptors (Lipinski definition) is 5. The van der Waals surface area contributed by atoms with E-state index < -0.39 is 6.04 Å². The van der Waals surface area contributed by atoms with Crippen molar-refractivity contribution in [3.63, 3.8) is 0 Å². The molecule has 6 nitrogen and oxygen atoms in total. The highest BCUT2D eigenvalue weighted by molar-refractivity contribution is 6.14. The zero-order valence-corrected chi connectivity index (χ0v) is 28.3. The van der Waals surface area contributed by atoms with Crippen molar-refractivity contribution in [1.82, 2.24) is 4.57 Å². The highest BCUT2D eigenvalue weighted by atomic mass is 15.1. The topological polar surface area (TPSA) is 101 Å². The van der Waals surface area contributed by atoms with Crippen molar-refractivity contribution in [3.8, 4) is 35.0 Å². The van der Waals surface area contributed by atoms with E-state index in [0.717, 1.165) is 33.4 Å². The number of amidine groups is 1. The molecule has 2 heterocycles. The summed E-state index contributed by atoms with van der Waals surface area (Å²) in [7, 11) is 0. The summed E-state index contributed by atoms with van der Waals surface area (Å²) in [5.41, 5.74) is 13.0. The quantitative estimate of drug-likeness (QED) is 0.205. The number of anilines is 1. The van der Waals surface area contributed by atoms with Gasteiger partial charge in [0.25, 0.3) is 0 Å². The fourth-order valence-corrected chi connectivity index (χ4v) is 8.49. The van der Waals surface area contributed by atoms with Gasteiger partial charge in [-0.2, -0.15) is 15.8 Å². The first kappa shape index (κ1) is 30.1. The Morgan fingerprint density at radius 1 is 0.706 bits per heavy atom. The van der Waals surface area contributed by atoms with Crippen LogP contribution in [0.2, 0.25) is 0 Å². The molecule has 6 aromatic carbocycles. The molecule has 6 heteroatoms. The van der Waals surface area contributed by atoms with E-state index in [2.05, 4.69) is 109 Å². The molecule has 51 heavy (non-hydrogen) atoms. The van der Waals surface area contributed by atoms with E-state index >= 15 is 0 Å². The van der Waals surface area contributed by atoms with Gasteiger partial charge < -0.3 is 9.88 Å². The Balaban J connectivity index is 1.29. The highest BCUT2D eigenvalue weighted by Crippen LogP contribution is 2.53. The fraction of sp³-hybridized carbons (Fsp3) is 0.111. The van der Waals surface area contributed by atoms with Crippen molar-refractivity contribution in [2.24, 2.45) is 4.99 Å². The van der Waals surface area contributed by atoms with Crippen LogP contribution in [0.4, 0.5) is 5.69 Å². The van der Waals surface area contributed by atoms with Crippen molar-refractivity contribution in [1.29, 1.82) is 15.8 Å². The lowest BCUT2D eigenvalue weighted by atomic mass is 9.80. The number of para-hydroxylation sites is 1. The van der Waals surface area contributed by atoms with Crippen LogP contribution in [0.3, 0.4) is 0 Å². The number of fused-ring (bicyclic) bond motifs is 8. The first-order valence-electron chi connectivity index (χ1n) is 16.9. The molecule has 7 aromatic rings. The van der Waals surface area contributed by atoms with Crippen LogP contribution in [0.15, 0.2) is 120 Å². The van der Waals surface area contributed by atoms with Crippen molar-refractivity contribution in [2.45, 2.75) is 32.2 Å². The number of aryl methyl sites for hydroxylation is 1. The van der Waals surface area contributed by atoms with Gasteiger partial charge in [0.2, 0.25) is 0 Å². The fourth-order valence-electron chi connectivity index (χ4n) is 8.49. The zero-order valence-electron chi connectivity index (χ0n) is 28.3. The van der Waals surface area contributed by atoms with Crippen LogP contribution in [-0.2, 0) is 5.41 Å². The van der Waals surface area contributed by atoms with Crippen LogP contribution < -0.4 is 5.32 Å². The third-order valence-electron chi connectivity index (χ3n) is 10.6. The Morgan fingerprint density at radius 2 is 1.43 bits per heavy atom. The Morgan fingerprint density at radius 3 is 2.22 bits per heavy atom. The van der Waals surface area contributed by atoms with E-state index in [9.17, 15) is 15.8 Å². The van der Waals surface area contributed by atoms with E-state index in [1.807, 2.05) is 43.3 Å². The molecule has 0 bridgehead atoms. The first-order valence-corrected chi connectivity index (χ1v) is 16.9. The van der Waals surface area contributed by atoms with E-state index in [4.69, 9.17) is 4.99 Å². The van der Waals surface area contributed by atoms with E-state index in [-0.39, 0.29) is 5.41 Å². The van der Waals surface area contributed by atoms with Gasteiger partial charge in [-0.1, -0.05) is 92.7 Å². The average Bonchev–Trinajstić information content (AvgIpc) is 3.62. The monoisotopic (exact) mass is 654 g/mol. The molecular weight excluding hydrogens is 625 g/mol. The third-order valence-corrected chi connectivity index (χ3v) is 10.6. The van der Waals surface area contributed by atoms with Crippen LogP contribution in [0.5, 0.6) is 0 Å². The summed E-state index contributed by atoms with van der Waals surface area (Å²) in [5, 5.41) is 36.7. The maximum absolute atomic E-state index is 10.8. The Kier molecular flexibility index (Phi) is 6.53. The van der Waals surface area contributed by atoms with Gasteiger partial charge in [0.15, 0.2) is 0 Å². The van der Waals surface area contributed by atoms with Gasteiger partial charge in [-0.25, -0.2) is 0 Å². The van der Waals surface area contributed by atoms with Crippen LogP contribution in [0, 0.1) is 40.9 Å². The number of hydrogen-bond donors (Lipinski definition) is 1. The number of aromatic nitrogens is 1. The predicted octanol–water partition coefficient (Wildman–Crippen LogP) is 9.98. The number of aliphatic imine (C=N–C) groups is 1. The van der Waals surface area contributed by atoms with Gasteiger partial charge in [0.1, 0.15) is 11.9 Å². The minimum Gasteiger partial charge on any atom is -0.340 e. The number of nitriles is 3. The molecule has 0 amide bonds. The molecule has 0 radical (unpaired) electrons. The molecule has 0 fully saturated rings. The minimum absolute atomic E-state index is 0.196. The lowest BCUT2D eigenvalue weighted by Gasteiger charge is -2.29. The van der Waals surface area contributed by atoms with E-state index in [0.29, 0.717) is 33.8 Å². The van der Waals surface area contributed by atoms with Crippen molar-refractivity contribution >= 4 is 33.3 Å². The summed E-state index contributed by atoms with van der Waals surface area (Å²) in [6.07, 6.45) is 0. The molecule has 2 aliphatic rings. The second-order valence-corrected chi connectivity index (χ2v) is 13.8. The molecule has 1 N–H and O–H groups in total. The summed E-state index contributed by atoms with van der Waals surface area (Å²) in [6, 6.07) is 45.2. The maximum atomic E-state index is 10.8. The lowest BCUT2D eigenvalue weighted by Crippen LogP contribution is -2.24. The molecule has 1 atom stereocenters. The van der Waals surface area contributed by atoms with Crippen molar-refractivity contribution < 1.29 is 0 Å². The molecular formula is C45H30N6. The van der Waals surface area contributed by atoms with E-state index in [1.165, 1.54) is 33.0 Å². The number of nitrogens with zero attached hydrogens (tertiary/aromatic N) is 5. The van der Waals surface area contributed by atoms with Gasteiger partial charge in [-0.05, 0) is 71.1 Å². The van der Waals surface area contributed by atoms with Gasteiger partial charge in [0.05, 0.1) is 45.9 Å². The summed E-state index contributed by atoms with van der Waals surface area (Å²) in [6.45, 7) is 6.64. The van der Waals surface area contributed by atoms with Crippen LogP contribution in [0.1, 0.15) is 70.0 Å². The van der Waals surface area contributed by atoms with Gasteiger partial charge >= 0.3 is 0 Å². The smallest absolute Gasteiger partial charge is 0.133 e. The largest absolute Gasteiger partial charge is 0.340 e. The molecule has 1 aromatic heterocycles. The number of benzene rings is 6. The van der Waals surface area contributed by atoms with Crippen LogP contribution in [0.25, 0.3) is 38.6 Å². The normalized spacial score (nSPS) is 15.1. The summed E-state index contributed by atoms with van der Waals surface area (Å²) >= 11 is 0. The second-order valence-electron chi connectivity index (χ2n) is 13.8. The predicted molar refractivity (Wildman–Crippen MR) is 202 cm³/mol. The number of rotatable bonds is 3. The third kappa shape index (κ3) is 4.29. The second kappa shape index (κ2) is 11.0. The van der Waals surface area contributed by atoms with Crippen LogP contribution >= 0.6 is 0 Å². The van der Waals surface area contributed by atoms with Gasteiger partial charge in [-0.3, -0.25) is 4.99 Å². The van der Waals surface area contributed by atoms with Crippen LogP contribution in [-0.4, -0.2) is 10.4 Å². The number of nitrogens with one attached hydrogen (secondary N) is 1. The SMILES string of the molecule is Cc1cc(-n2c3ccccc3c3c4c(ccc32)-c2ccccc2C4(C)C)cc(C#N)c1C1N=C(c2ccccc2)Nc2cc(C#N)cc(C#N)c21. The van der Waals surface area contributed by atoms with Gasteiger partial charge in [-0.15, -0.1) is 0 Å². The molecule has 0 saturated carbocycles. The molecule has 240 valence electrons. The zero-order chi connectivity index (χ0) is 35.0. The molecule has 9 rings (SSSR count). The summed E-state index contributed by atoms with van der Waals surface area (Å²) < 4.78 is 2.27.